The number of fused-ring (bicyclic) bond motifs is 1. The first-order valence-corrected chi connectivity index (χ1v) is 9.17. The van der Waals surface area contributed by atoms with Crippen LogP contribution in [0.3, 0.4) is 0 Å². The number of ether oxygens (including phenoxy) is 1. The van der Waals surface area contributed by atoms with Crippen molar-refractivity contribution in [1.29, 1.82) is 0 Å². The number of aliphatic imine (C=N–C) groups is 2. The molecule has 3 aromatic rings. The molecule has 1 aliphatic heterocycles. The van der Waals surface area contributed by atoms with Crippen LogP contribution in [0.2, 0.25) is 0 Å². The summed E-state index contributed by atoms with van der Waals surface area (Å²) in [6.07, 6.45) is 1.99. The van der Waals surface area contributed by atoms with Gasteiger partial charge >= 0.3 is 0 Å². The summed E-state index contributed by atoms with van der Waals surface area (Å²) < 4.78 is 6.28. The van der Waals surface area contributed by atoms with Crippen LogP contribution in [0.25, 0.3) is 16.3 Å². The number of hydrogen-bond donors (Lipinski definition) is 1. The Balaban J connectivity index is 1.58. The molecule has 2 N–H and O–H groups in total. The second kappa shape index (κ2) is 6.70. The number of nitrogens with two attached hydrogens (primary N) is 1. The van der Waals surface area contributed by atoms with Gasteiger partial charge in [0.25, 0.3) is 0 Å². The number of benzene rings is 2. The number of methoxy groups -OCH3 is 1. The Bertz CT molecular complexity index is 986. The molecule has 0 unspecified atom stereocenters. The third kappa shape index (κ3) is 3.42. The summed E-state index contributed by atoms with van der Waals surface area (Å²) in [5, 5.41) is 1.29. The molecule has 0 fully saturated rings. The van der Waals surface area contributed by atoms with Gasteiger partial charge in [-0.25, -0.2) is 9.98 Å². The smallest absolute Gasteiger partial charge is 0.212 e. The Labute approximate surface area is 153 Å². The molecular weight excluding hydrogens is 352 g/mol. The zero-order valence-corrected chi connectivity index (χ0v) is 15.0. The van der Waals surface area contributed by atoms with Crippen LogP contribution < -0.4 is 10.5 Å². The summed E-state index contributed by atoms with van der Waals surface area (Å²) >= 11 is 2.99. The number of nitrogens with zero attached hydrogens (tertiary/aromatic N) is 3. The highest BCUT2D eigenvalue weighted by atomic mass is 32.2. The maximum atomic E-state index is 6.04. The first-order chi connectivity index (χ1) is 12.2. The average molecular weight is 366 g/mol. The largest absolute Gasteiger partial charge is 0.497 e. The highest BCUT2D eigenvalue weighted by Gasteiger charge is 2.18. The number of rotatable bonds is 3. The Kier molecular flexibility index (Phi) is 4.25. The molecule has 0 saturated heterocycles. The van der Waals surface area contributed by atoms with E-state index in [-0.39, 0.29) is 0 Å². The molecule has 2 heterocycles. The van der Waals surface area contributed by atoms with Gasteiger partial charge in [-0.3, -0.25) is 0 Å². The summed E-state index contributed by atoms with van der Waals surface area (Å²) in [6.45, 7) is 0. The van der Waals surface area contributed by atoms with Crippen molar-refractivity contribution in [3.05, 3.63) is 59.0 Å². The van der Waals surface area contributed by atoms with Crippen LogP contribution in [0.5, 0.6) is 5.75 Å². The Morgan fingerprint density at radius 1 is 1.12 bits per heavy atom. The predicted molar refractivity (Wildman–Crippen MR) is 107 cm³/mol. The molecule has 0 amide bonds. The van der Waals surface area contributed by atoms with Crippen LogP contribution in [0, 0.1) is 0 Å². The highest BCUT2D eigenvalue weighted by molar-refractivity contribution is 8.18. The summed E-state index contributed by atoms with van der Waals surface area (Å²) in [4.78, 5) is 14.3. The quantitative estimate of drug-likeness (QED) is 0.744. The Morgan fingerprint density at radius 3 is 2.68 bits per heavy atom. The topological polar surface area (TPSA) is 72.9 Å². The van der Waals surface area contributed by atoms with Crippen molar-refractivity contribution < 1.29 is 4.74 Å². The fraction of sp³-hybridized carbons (Fsp3) is 0.0556. The lowest BCUT2D eigenvalue weighted by atomic mass is 10.2. The molecule has 2 aromatic carbocycles. The van der Waals surface area contributed by atoms with Crippen LogP contribution in [0.4, 0.5) is 5.13 Å². The van der Waals surface area contributed by atoms with Gasteiger partial charge in [-0.2, -0.15) is 4.99 Å². The van der Waals surface area contributed by atoms with Crippen LogP contribution in [-0.2, 0) is 0 Å². The molecule has 0 spiro atoms. The lowest BCUT2D eigenvalue weighted by molar-refractivity contribution is 0.415. The lowest BCUT2D eigenvalue weighted by Gasteiger charge is -2.00. The third-order valence-electron chi connectivity index (χ3n) is 3.56. The van der Waals surface area contributed by atoms with Crippen molar-refractivity contribution in [1.82, 2.24) is 4.98 Å². The molecule has 0 saturated carbocycles. The van der Waals surface area contributed by atoms with Crippen molar-refractivity contribution in [3.8, 4) is 5.75 Å². The van der Waals surface area contributed by atoms with Gasteiger partial charge in [0.05, 0.1) is 22.2 Å². The van der Waals surface area contributed by atoms with E-state index in [0.717, 1.165) is 26.4 Å². The number of para-hydroxylation sites is 1. The molecule has 4 rings (SSSR count). The Hall–Kier alpha value is -2.64. The number of aromatic nitrogens is 1. The van der Waals surface area contributed by atoms with E-state index in [9.17, 15) is 0 Å². The van der Waals surface area contributed by atoms with Crippen molar-refractivity contribution >= 4 is 55.5 Å². The van der Waals surface area contributed by atoms with E-state index in [4.69, 9.17) is 10.5 Å². The molecular formula is C18H14N4OS2. The van der Waals surface area contributed by atoms with Crippen LogP contribution in [-0.4, -0.2) is 23.1 Å². The van der Waals surface area contributed by atoms with Gasteiger partial charge < -0.3 is 10.5 Å². The zero-order chi connectivity index (χ0) is 17.2. The van der Waals surface area contributed by atoms with Gasteiger partial charge in [-0.05, 0) is 47.7 Å². The van der Waals surface area contributed by atoms with Gasteiger partial charge in [-0.1, -0.05) is 35.6 Å². The van der Waals surface area contributed by atoms with Crippen LogP contribution >= 0.6 is 23.1 Å². The lowest BCUT2D eigenvalue weighted by Crippen LogP contribution is -2.08. The monoisotopic (exact) mass is 366 g/mol. The molecule has 0 aliphatic carbocycles. The van der Waals surface area contributed by atoms with E-state index in [1.807, 2.05) is 54.6 Å². The van der Waals surface area contributed by atoms with Gasteiger partial charge in [0.15, 0.2) is 5.17 Å². The normalized spacial score (nSPS) is 17.4. The van der Waals surface area contributed by atoms with E-state index in [1.165, 1.54) is 23.1 Å². The van der Waals surface area contributed by atoms with Gasteiger partial charge in [0.2, 0.25) is 5.13 Å². The molecule has 5 nitrogen and oxygen atoms in total. The second-order valence-corrected chi connectivity index (χ2v) is 7.26. The van der Waals surface area contributed by atoms with Gasteiger partial charge in [0, 0.05) is 0 Å². The number of hydrogen-bond acceptors (Lipinski definition) is 6. The molecule has 25 heavy (non-hydrogen) atoms. The fourth-order valence-corrected chi connectivity index (χ4v) is 4.04. The molecule has 1 aliphatic rings. The maximum absolute atomic E-state index is 6.04. The summed E-state index contributed by atoms with van der Waals surface area (Å²) in [5.74, 6) is 1.29. The summed E-state index contributed by atoms with van der Waals surface area (Å²) in [6, 6.07) is 15.7. The summed E-state index contributed by atoms with van der Waals surface area (Å²) in [7, 11) is 1.65. The van der Waals surface area contributed by atoms with Crippen LogP contribution in [0.15, 0.2) is 63.4 Å². The fourth-order valence-electron chi connectivity index (χ4n) is 2.32. The average Bonchev–Trinajstić information content (AvgIpc) is 3.18. The molecule has 0 radical (unpaired) electrons. The molecule has 7 heteroatoms. The zero-order valence-electron chi connectivity index (χ0n) is 13.3. The van der Waals surface area contributed by atoms with E-state index >= 15 is 0 Å². The van der Waals surface area contributed by atoms with E-state index in [0.29, 0.717) is 16.1 Å². The standard InChI is InChI=1S/C18H14N4OS2/c1-23-12-8-6-11(7-9-12)10-15-16(19)21-18(25-15)22-17-20-13-4-2-3-5-14(13)24-17/h2-10H,1H3,(H2,19,20,21,22)/b15-10+. The van der Waals surface area contributed by atoms with E-state index < -0.39 is 0 Å². The number of thiazole rings is 1. The van der Waals surface area contributed by atoms with Crippen molar-refractivity contribution in [2.45, 2.75) is 0 Å². The van der Waals surface area contributed by atoms with Crippen LogP contribution in [0.1, 0.15) is 5.56 Å². The SMILES string of the molecule is COc1ccc(/C=C2/SC(=Nc3nc4ccccc4s3)N=C2N)cc1. The Morgan fingerprint density at radius 2 is 1.92 bits per heavy atom. The minimum Gasteiger partial charge on any atom is -0.497 e. The third-order valence-corrected chi connectivity index (χ3v) is 5.40. The van der Waals surface area contributed by atoms with Crippen molar-refractivity contribution in [3.63, 3.8) is 0 Å². The molecule has 0 bridgehead atoms. The highest BCUT2D eigenvalue weighted by Crippen LogP contribution is 2.33. The van der Waals surface area contributed by atoms with Gasteiger partial charge in [-0.15, -0.1) is 0 Å². The number of thioether (sulfide) groups is 1. The first-order valence-electron chi connectivity index (χ1n) is 7.54. The van der Waals surface area contributed by atoms with Crippen molar-refractivity contribution in [2.24, 2.45) is 15.7 Å². The predicted octanol–water partition coefficient (Wildman–Crippen LogP) is 4.44. The minimum atomic E-state index is 0.473. The van der Waals surface area contributed by atoms with E-state index in [2.05, 4.69) is 15.0 Å². The first kappa shape index (κ1) is 15.9. The summed E-state index contributed by atoms with van der Waals surface area (Å²) in [5.41, 5.74) is 8.02. The van der Waals surface area contributed by atoms with E-state index in [1.54, 1.807) is 7.11 Å². The minimum absolute atomic E-state index is 0.473. The van der Waals surface area contributed by atoms with Gasteiger partial charge in [0.1, 0.15) is 11.6 Å². The maximum Gasteiger partial charge on any atom is 0.212 e. The number of amidine groups is 2. The molecule has 0 atom stereocenters. The molecule has 124 valence electrons. The van der Waals surface area contributed by atoms with Crippen molar-refractivity contribution in [2.75, 3.05) is 7.11 Å². The second-order valence-electron chi connectivity index (χ2n) is 5.24. The molecule has 1 aromatic heterocycles.